The van der Waals surface area contributed by atoms with Crippen LogP contribution in [0.5, 0.6) is 0 Å². The zero-order chi connectivity index (χ0) is 14.7. The molecule has 110 valence electrons. The quantitative estimate of drug-likeness (QED) is 0.862. The van der Waals surface area contributed by atoms with Crippen LogP contribution < -0.4 is 4.90 Å². The SMILES string of the molecule is Cc1cnccc1CN(C)c1cc([C@@H]2CCOC2)ncn1. The average Bonchev–Trinajstić information content (AvgIpc) is 3.04. The van der Waals surface area contributed by atoms with Crippen LogP contribution in [-0.4, -0.2) is 35.2 Å². The molecule has 2 aromatic heterocycles. The van der Waals surface area contributed by atoms with Crippen molar-refractivity contribution in [3.63, 3.8) is 0 Å². The molecule has 1 aliphatic heterocycles. The number of aryl methyl sites for hydroxylation is 1. The van der Waals surface area contributed by atoms with E-state index in [0.717, 1.165) is 37.7 Å². The molecule has 0 N–H and O–H groups in total. The standard InChI is InChI=1S/C16H20N4O/c1-12-8-17-5-3-13(12)9-20(2)16-7-15(18-11-19-16)14-4-6-21-10-14/h3,5,7-8,11,14H,4,6,9-10H2,1-2H3/t14-/m1/s1. The first-order valence-corrected chi connectivity index (χ1v) is 7.24. The molecule has 0 saturated carbocycles. The van der Waals surface area contributed by atoms with Crippen LogP contribution in [0.2, 0.25) is 0 Å². The van der Waals surface area contributed by atoms with E-state index in [2.05, 4.69) is 46.0 Å². The molecule has 0 aromatic carbocycles. The summed E-state index contributed by atoms with van der Waals surface area (Å²) >= 11 is 0. The third-order valence-electron chi connectivity index (χ3n) is 3.96. The number of anilines is 1. The number of aromatic nitrogens is 3. The van der Waals surface area contributed by atoms with Crippen molar-refractivity contribution in [1.82, 2.24) is 15.0 Å². The molecule has 0 bridgehead atoms. The lowest BCUT2D eigenvalue weighted by molar-refractivity contribution is 0.193. The van der Waals surface area contributed by atoms with E-state index in [9.17, 15) is 0 Å². The molecule has 1 aliphatic rings. The maximum atomic E-state index is 5.44. The lowest BCUT2D eigenvalue weighted by Gasteiger charge is -2.20. The topological polar surface area (TPSA) is 51.1 Å². The number of pyridine rings is 1. The Labute approximate surface area is 125 Å². The van der Waals surface area contributed by atoms with Crippen molar-refractivity contribution in [2.24, 2.45) is 0 Å². The van der Waals surface area contributed by atoms with Crippen molar-refractivity contribution in [1.29, 1.82) is 0 Å². The predicted molar refractivity (Wildman–Crippen MR) is 81.3 cm³/mol. The largest absolute Gasteiger partial charge is 0.381 e. The highest BCUT2D eigenvalue weighted by molar-refractivity contribution is 5.40. The van der Waals surface area contributed by atoms with Crippen LogP contribution in [0.15, 0.2) is 30.9 Å². The van der Waals surface area contributed by atoms with E-state index >= 15 is 0 Å². The Morgan fingerprint density at radius 3 is 3.05 bits per heavy atom. The van der Waals surface area contributed by atoms with E-state index in [0.29, 0.717) is 5.92 Å². The minimum atomic E-state index is 0.405. The van der Waals surface area contributed by atoms with E-state index in [-0.39, 0.29) is 0 Å². The summed E-state index contributed by atoms with van der Waals surface area (Å²) < 4.78 is 5.44. The first-order valence-electron chi connectivity index (χ1n) is 7.24. The zero-order valence-electron chi connectivity index (χ0n) is 12.5. The Morgan fingerprint density at radius 1 is 1.38 bits per heavy atom. The Balaban J connectivity index is 1.76. The molecule has 0 aliphatic carbocycles. The van der Waals surface area contributed by atoms with Crippen LogP contribution in [0.4, 0.5) is 5.82 Å². The molecule has 21 heavy (non-hydrogen) atoms. The summed E-state index contributed by atoms with van der Waals surface area (Å²) in [5.41, 5.74) is 3.54. The molecule has 5 nitrogen and oxygen atoms in total. The van der Waals surface area contributed by atoms with Crippen LogP contribution in [0, 0.1) is 6.92 Å². The van der Waals surface area contributed by atoms with Crippen LogP contribution >= 0.6 is 0 Å². The zero-order valence-corrected chi connectivity index (χ0v) is 12.5. The van der Waals surface area contributed by atoms with Gasteiger partial charge in [-0.2, -0.15) is 0 Å². The fourth-order valence-corrected chi connectivity index (χ4v) is 2.58. The molecule has 5 heteroatoms. The Kier molecular flexibility index (Phi) is 4.10. The highest BCUT2D eigenvalue weighted by atomic mass is 16.5. The number of hydrogen-bond acceptors (Lipinski definition) is 5. The van der Waals surface area contributed by atoms with Crippen molar-refractivity contribution in [2.45, 2.75) is 25.8 Å². The molecule has 1 atom stereocenters. The molecular formula is C16H20N4O. The number of hydrogen-bond donors (Lipinski definition) is 0. The second-order valence-electron chi connectivity index (χ2n) is 5.52. The summed E-state index contributed by atoms with van der Waals surface area (Å²) in [4.78, 5) is 15.1. The van der Waals surface area contributed by atoms with Gasteiger partial charge in [0, 0.05) is 44.6 Å². The molecule has 0 spiro atoms. The van der Waals surface area contributed by atoms with E-state index in [1.165, 1.54) is 11.1 Å². The molecule has 3 rings (SSSR count). The third-order valence-corrected chi connectivity index (χ3v) is 3.96. The van der Waals surface area contributed by atoms with Gasteiger partial charge in [-0.3, -0.25) is 4.98 Å². The van der Waals surface area contributed by atoms with Crippen LogP contribution in [0.1, 0.15) is 29.2 Å². The van der Waals surface area contributed by atoms with Gasteiger partial charge in [0.25, 0.3) is 0 Å². The van der Waals surface area contributed by atoms with Gasteiger partial charge in [-0.15, -0.1) is 0 Å². The predicted octanol–water partition coefficient (Wildman–Crippen LogP) is 2.32. The normalized spacial score (nSPS) is 17.9. The van der Waals surface area contributed by atoms with Gasteiger partial charge in [0.2, 0.25) is 0 Å². The van der Waals surface area contributed by atoms with Crippen molar-refractivity contribution >= 4 is 5.82 Å². The average molecular weight is 284 g/mol. The molecule has 3 heterocycles. The van der Waals surface area contributed by atoms with Gasteiger partial charge in [-0.1, -0.05) is 0 Å². The van der Waals surface area contributed by atoms with Gasteiger partial charge in [-0.05, 0) is 30.5 Å². The summed E-state index contributed by atoms with van der Waals surface area (Å²) in [5, 5.41) is 0. The maximum Gasteiger partial charge on any atom is 0.132 e. The highest BCUT2D eigenvalue weighted by Gasteiger charge is 2.20. The minimum Gasteiger partial charge on any atom is -0.381 e. The van der Waals surface area contributed by atoms with E-state index in [4.69, 9.17) is 4.74 Å². The fraction of sp³-hybridized carbons (Fsp3) is 0.438. The Bertz CT molecular complexity index is 611. The minimum absolute atomic E-state index is 0.405. The monoisotopic (exact) mass is 284 g/mol. The Hall–Kier alpha value is -2.01. The summed E-state index contributed by atoms with van der Waals surface area (Å²) in [7, 11) is 2.05. The molecular weight excluding hydrogens is 264 g/mol. The van der Waals surface area contributed by atoms with Crippen LogP contribution in [-0.2, 0) is 11.3 Å². The van der Waals surface area contributed by atoms with E-state index in [1.54, 1.807) is 6.33 Å². The third kappa shape index (κ3) is 3.19. The molecule has 0 amide bonds. The molecule has 1 saturated heterocycles. The van der Waals surface area contributed by atoms with E-state index in [1.807, 2.05) is 12.4 Å². The summed E-state index contributed by atoms with van der Waals surface area (Å²) in [6.07, 6.45) is 6.42. The first-order chi connectivity index (χ1) is 10.2. The molecule has 0 radical (unpaired) electrons. The second kappa shape index (κ2) is 6.18. The lowest BCUT2D eigenvalue weighted by Crippen LogP contribution is -2.19. The van der Waals surface area contributed by atoms with Crippen molar-refractivity contribution < 1.29 is 4.74 Å². The van der Waals surface area contributed by atoms with Gasteiger partial charge in [-0.25, -0.2) is 9.97 Å². The molecule has 1 fully saturated rings. The van der Waals surface area contributed by atoms with Gasteiger partial charge in [0.05, 0.1) is 12.3 Å². The van der Waals surface area contributed by atoms with Gasteiger partial charge in [0.1, 0.15) is 12.1 Å². The summed E-state index contributed by atoms with van der Waals surface area (Å²) in [6, 6.07) is 4.13. The second-order valence-corrected chi connectivity index (χ2v) is 5.52. The molecule has 0 unspecified atom stereocenters. The van der Waals surface area contributed by atoms with Gasteiger partial charge >= 0.3 is 0 Å². The van der Waals surface area contributed by atoms with Crippen molar-refractivity contribution in [3.8, 4) is 0 Å². The summed E-state index contributed by atoms with van der Waals surface area (Å²) in [5.74, 6) is 1.35. The van der Waals surface area contributed by atoms with Crippen LogP contribution in [0.25, 0.3) is 0 Å². The van der Waals surface area contributed by atoms with Crippen molar-refractivity contribution in [2.75, 3.05) is 25.2 Å². The smallest absolute Gasteiger partial charge is 0.132 e. The summed E-state index contributed by atoms with van der Waals surface area (Å²) in [6.45, 7) is 4.49. The van der Waals surface area contributed by atoms with Crippen LogP contribution in [0.3, 0.4) is 0 Å². The Morgan fingerprint density at radius 2 is 2.29 bits per heavy atom. The molecule has 2 aromatic rings. The fourth-order valence-electron chi connectivity index (χ4n) is 2.58. The highest BCUT2D eigenvalue weighted by Crippen LogP contribution is 2.25. The number of rotatable bonds is 4. The van der Waals surface area contributed by atoms with Gasteiger partial charge < -0.3 is 9.64 Å². The number of nitrogens with zero attached hydrogens (tertiary/aromatic N) is 4. The first kappa shape index (κ1) is 13.9. The van der Waals surface area contributed by atoms with Crippen molar-refractivity contribution in [3.05, 3.63) is 47.7 Å². The van der Waals surface area contributed by atoms with E-state index < -0.39 is 0 Å². The maximum absolute atomic E-state index is 5.44. The lowest BCUT2D eigenvalue weighted by atomic mass is 10.0. The van der Waals surface area contributed by atoms with Gasteiger partial charge in [0.15, 0.2) is 0 Å². The number of ether oxygens (including phenoxy) is 1.